The molecule has 0 radical (unpaired) electrons. The van der Waals surface area contributed by atoms with Crippen LogP contribution in [0.4, 0.5) is 0 Å². The molecule has 0 aromatic heterocycles. The summed E-state index contributed by atoms with van der Waals surface area (Å²) < 4.78 is 0. The summed E-state index contributed by atoms with van der Waals surface area (Å²) in [6, 6.07) is 6.47. The van der Waals surface area contributed by atoms with Gasteiger partial charge in [0.05, 0.1) is 0 Å². The van der Waals surface area contributed by atoms with Gasteiger partial charge in [-0.1, -0.05) is 24.3 Å². The van der Waals surface area contributed by atoms with Crippen molar-refractivity contribution in [2.45, 2.75) is 32.7 Å². The first kappa shape index (κ1) is 14.2. The molecule has 0 aliphatic rings. The van der Waals surface area contributed by atoms with Crippen LogP contribution in [0.2, 0.25) is 0 Å². The highest BCUT2D eigenvalue weighted by Gasteiger charge is 2.08. The first-order chi connectivity index (χ1) is 6.66. The summed E-state index contributed by atoms with van der Waals surface area (Å²) in [5.41, 5.74) is 10.0. The van der Waals surface area contributed by atoms with Gasteiger partial charge in [0.25, 0.3) is 0 Å². The van der Waals surface area contributed by atoms with E-state index in [-0.39, 0.29) is 18.4 Å². The minimum Gasteiger partial charge on any atom is -0.324 e. The smallest absolute Gasteiger partial charge is 0.0300 e. The zero-order valence-electron chi connectivity index (χ0n) is 9.49. The Morgan fingerprint density at radius 3 is 2.67 bits per heavy atom. The predicted octanol–water partition coefficient (Wildman–Crippen LogP) is 3.69. The van der Waals surface area contributed by atoms with Gasteiger partial charge in [-0.2, -0.15) is 0 Å². The van der Waals surface area contributed by atoms with Gasteiger partial charge in [0.2, 0.25) is 0 Å². The van der Waals surface area contributed by atoms with E-state index in [2.05, 4.69) is 38.6 Å². The Kier molecular flexibility index (Phi) is 6.30. The average molecular weight is 226 g/mol. The highest BCUT2D eigenvalue weighted by Crippen LogP contribution is 2.21. The number of halogens is 1. The summed E-state index contributed by atoms with van der Waals surface area (Å²) >= 11 is 0. The molecule has 0 aliphatic carbocycles. The van der Waals surface area contributed by atoms with Gasteiger partial charge in [-0.15, -0.1) is 19.0 Å². The van der Waals surface area contributed by atoms with Crippen molar-refractivity contribution in [2.24, 2.45) is 5.73 Å². The van der Waals surface area contributed by atoms with E-state index in [0.717, 1.165) is 12.8 Å². The van der Waals surface area contributed by atoms with Gasteiger partial charge in [-0.05, 0) is 43.4 Å². The molecule has 0 spiro atoms. The summed E-state index contributed by atoms with van der Waals surface area (Å²) in [5.74, 6) is 0. The fraction of sp³-hybridized carbons (Fsp3) is 0.385. The van der Waals surface area contributed by atoms with E-state index >= 15 is 0 Å². The molecule has 84 valence electrons. The van der Waals surface area contributed by atoms with Crippen LogP contribution in [-0.2, 0) is 0 Å². The minimum atomic E-state index is 0. The first-order valence-electron chi connectivity index (χ1n) is 5.09. The minimum absolute atomic E-state index is 0. The molecular formula is C13H20ClN. The molecule has 1 atom stereocenters. The van der Waals surface area contributed by atoms with Gasteiger partial charge in [0.15, 0.2) is 0 Å². The molecule has 0 saturated carbocycles. The molecule has 0 aliphatic heterocycles. The van der Waals surface area contributed by atoms with Crippen LogP contribution in [0.25, 0.3) is 0 Å². The molecule has 2 heteroatoms. The Balaban J connectivity index is 0.00000196. The van der Waals surface area contributed by atoms with Crippen LogP contribution in [0.15, 0.2) is 30.9 Å². The highest BCUT2D eigenvalue weighted by molar-refractivity contribution is 5.85. The van der Waals surface area contributed by atoms with Gasteiger partial charge < -0.3 is 5.73 Å². The van der Waals surface area contributed by atoms with Gasteiger partial charge in [-0.25, -0.2) is 0 Å². The molecule has 2 N–H and O–H groups in total. The molecule has 0 heterocycles. The van der Waals surface area contributed by atoms with Crippen molar-refractivity contribution in [3.05, 3.63) is 47.5 Å². The second-order valence-electron chi connectivity index (χ2n) is 3.76. The summed E-state index contributed by atoms with van der Waals surface area (Å²) in [5, 5.41) is 0. The number of aryl methyl sites for hydroxylation is 1. The monoisotopic (exact) mass is 225 g/mol. The normalized spacial score (nSPS) is 11.7. The molecule has 1 nitrogen and oxygen atoms in total. The van der Waals surface area contributed by atoms with Crippen molar-refractivity contribution in [1.29, 1.82) is 0 Å². The van der Waals surface area contributed by atoms with Crippen LogP contribution in [0.1, 0.15) is 35.6 Å². The number of benzene rings is 1. The third kappa shape index (κ3) is 3.69. The largest absolute Gasteiger partial charge is 0.324 e. The topological polar surface area (TPSA) is 26.0 Å². The number of allylic oxidation sites excluding steroid dienone is 1. The number of nitrogens with two attached hydrogens (primary N) is 1. The van der Waals surface area contributed by atoms with Gasteiger partial charge in [-0.3, -0.25) is 0 Å². The molecular weight excluding hydrogens is 206 g/mol. The van der Waals surface area contributed by atoms with E-state index in [0.29, 0.717) is 0 Å². The Morgan fingerprint density at radius 2 is 2.07 bits per heavy atom. The van der Waals surface area contributed by atoms with E-state index < -0.39 is 0 Å². The Labute approximate surface area is 98.8 Å². The second kappa shape index (κ2) is 6.65. The van der Waals surface area contributed by atoms with Crippen LogP contribution < -0.4 is 5.73 Å². The quantitative estimate of drug-likeness (QED) is 0.778. The first-order valence-corrected chi connectivity index (χ1v) is 5.09. The lowest BCUT2D eigenvalue weighted by Gasteiger charge is -2.15. The van der Waals surface area contributed by atoms with Crippen LogP contribution >= 0.6 is 12.4 Å². The zero-order valence-corrected chi connectivity index (χ0v) is 10.3. The van der Waals surface area contributed by atoms with Crippen molar-refractivity contribution >= 4 is 12.4 Å². The molecule has 0 unspecified atom stereocenters. The van der Waals surface area contributed by atoms with E-state index in [4.69, 9.17) is 5.73 Å². The van der Waals surface area contributed by atoms with Crippen LogP contribution in [0.5, 0.6) is 0 Å². The SMILES string of the molecule is C=CCC[C@H](N)c1cccc(C)c1C.Cl. The maximum Gasteiger partial charge on any atom is 0.0300 e. The Hall–Kier alpha value is -0.790. The van der Waals surface area contributed by atoms with E-state index in [1.165, 1.54) is 16.7 Å². The van der Waals surface area contributed by atoms with Crippen molar-refractivity contribution in [2.75, 3.05) is 0 Å². The third-order valence-electron chi connectivity index (χ3n) is 2.73. The fourth-order valence-corrected chi connectivity index (χ4v) is 1.63. The van der Waals surface area contributed by atoms with E-state index in [1.54, 1.807) is 0 Å². The summed E-state index contributed by atoms with van der Waals surface area (Å²) in [4.78, 5) is 0. The van der Waals surface area contributed by atoms with Gasteiger partial charge in [0.1, 0.15) is 0 Å². The third-order valence-corrected chi connectivity index (χ3v) is 2.73. The van der Waals surface area contributed by atoms with Crippen LogP contribution in [0.3, 0.4) is 0 Å². The van der Waals surface area contributed by atoms with Crippen molar-refractivity contribution in [3.63, 3.8) is 0 Å². The Bertz CT molecular complexity index is 320. The van der Waals surface area contributed by atoms with Crippen LogP contribution in [0, 0.1) is 13.8 Å². The van der Waals surface area contributed by atoms with Crippen molar-refractivity contribution in [3.8, 4) is 0 Å². The lowest BCUT2D eigenvalue weighted by atomic mass is 9.95. The molecule has 0 amide bonds. The molecule has 1 rings (SSSR count). The molecule has 0 fully saturated rings. The summed E-state index contributed by atoms with van der Waals surface area (Å²) in [6.07, 6.45) is 3.88. The molecule has 1 aromatic rings. The molecule has 0 bridgehead atoms. The van der Waals surface area contributed by atoms with Crippen LogP contribution in [-0.4, -0.2) is 0 Å². The number of rotatable bonds is 4. The molecule has 1 aromatic carbocycles. The van der Waals surface area contributed by atoms with Crippen molar-refractivity contribution < 1.29 is 0 Å². The van der Waals surface area contributed by atoms with E-state index in [1.807, 2.05) is 6.08 Å². The Morgan fingerprint density at radius 1 is 1.40 bits per heavy atom. The molecule has 0 saturated heterocycles. The fourth-order valence-electron chi connectivity index (χ4n) is 1.63. The zero-order chi connectivity index (χ0) is 10.6. The standard InChI is InChI=1S/C13H19N.ClH/c1-4-5-9-13(14)12-8-6-7-10(2)11(12)3;/h4,6-8,13H,1,5,9,14H2,2-3H3;1H/t13-;/m0./s1. The van der Waals surface area contributed by atoms with E-state index in [9.17, 15) is 0 Å². The predicted molar refractivity (Wildman–Crippen MR) is 69.5 cm³/mol. The van der Waals surface area contributed by atoms with Crippen molar-refractivity contribution in [1.82, 2.24) is 0 Å². The lowest BCUT2D eigenvalue weighted by Crippen LogP contribution is -2.11. The second-order valence-corrected chi connectivity index (χ2v) is 3.76. The number of hydrogen-bond donors (Lipinski definition) is 1. The summed E-state index contributed by atoms with van der Waals surface area (Å²) in [6.45, 7) is 7.97. The average Bonchev–Trinajstić information content (AvgIpc) is 2.18. The molecule has 15 heavy (non-hydrogen) atoms. The number of hydrogen-bond acceptors (Lipinski definition) is 1. The maximum atomic E-state index is 6.10. The van der Waals surface area contributed by atoms with Gasteiger partial charge >= 0.3 is 0 Å². The maximum absolute atomic E-state index is 6.10. The highest BCUT2D eigenvalue weighted by atomic mass is 35.5. The summed E-state index contributed by atoms with van der Waals surface area (Å²) in [7, 11) is 0. The lowest BCUT2D eigenvalue weighted by molar-refractivity contribution is 0.657. The van der Waals surface area contributed by atoms with Gasteiger partial charge in [0, 0.05) is 6.04 Å².